The predicted octanol–water partition coefficient (Wildman–Crippen LogP) is 17.5. The van der Waals surface area contributed by atoms with Crippen LogP contribution in [-0.2, 0) is 4.79 Å². The lowest BCUT2D eigenvalue weighted by molar-refractivity contribution is -0.123. The molecule has 4 heteroatoms. The third-order valence-electron chi connectivity index (χ3n) is 11.5. The number of carbonyl (C=O) groups is 1. The van der Waals surface area contributed by atoms with E-state index < -0.39 is 12.1 Å². The van der Waals surface area contributed by atoms with E-state index in [2.05, 4.69) is 116 Å². The minimum Gasteiger partial charge on any atom is -0.394 e. The van der Waals surface area contributed by atoms with Gasteiger partial charge in [-0.15, -0.1) is 0 Å². The molecule has 0 radical (unpaired) electrons. The molecule has 0 rings (SSSR count). The lowest BCUT2D eigenvalue weighted by Gasteiger charge is -2.20. The zero-order chi connectivity index (χ0) is 45.6. The lowest BCUT2D eigenvalue weighted by atomic mass is 10.0. The molecule has 0 aliphatic rings. The zero-order valence-corrected chi connectivity index (χ0v) is 41.3. The van der Waals surface area contributed by atoms with Gasteiger partial charge in [0.05, 0.1) is 18.8 Å². The Morgan fingerprint density at radius 1 is 0.397 bits per heavy atom. The van der Waals surface area contributed by atoms with Crippen molar-refractivity contribution in [3.8, 4) is 0 Å². The number of hydrogen-bond donors (Lipinski definition) is 3. The van der Waals surface area contributed by atoms with Crippen LogP contribution in [0.15, 0.2) is 109 Å². The maximum absolute atomic E-state index is 12.4. The normalized spacial score (nSPS) is 13.8. The van der Waals surface area contributed by atoms with Gasteiger partial charge in [0.2, 0.25) is 5.91 Å². The standard InChI is InChI=1S/C59H101NO3/c1-3-5-7-9-11-13-15-16-17-18-19-20-21-22-23-24-25-26-27-28-29-30-31-32-33-34-35-36-37-38-39-40-41-42-43-44-45-47-49-51-53-55-59(63)60-57(56-61)58(62)54-52-50-48-46-14-12-10-8-6-4-2/h5,7,11,13,16-17,19-20,22-23,25-26,28-29,31-32,52,54,57-58,61-62H,3-4,6,8-10,12,14-15,18,21,24,27,30,33-51,53,55-56H2,1-2H3,(H,60,63)/b7-5-,13-11-,17-16-,20-19-,23-22-,26-25-,29-28-,32-31-,54-52+. The summed E-state index contributed by atoms with van der Waals surface area (Å²) in [4.78, 5) is 12.4. The van der Waals surface area contributed by atoms with Gasteiger partial charge < -0.3 is 15.5 Å². The van der Waals surface area contributed by atoms with Crippen LogP contribution in [0.5, 0.6) is 0 Å². The van der Waals surface area contributed by atoms with Crippen molar-refractivity contribution in [2.45, 2.75) is 251 Å². The minimum atomic E-state index is -0.841. The first kappa shape index (κ1) is 60.1. The van der Waals surface area contributed by atoms with Crippen LogP contribution >= 0.6 is 0 Å². The summed E-state index contributed by atoms with van der Waals surface area (Å²) >= 11 is 0. The van der Waals surface area contributed by atoms with Gasteiger partial charge in [-0.05, 0) is 83.5 Å². The summed E-state index contributed by atoms with van der Waals surface area (Å²) in [6.07, 6.45) is 81.0. The molecule has 2 atom stereocenters. The number of nitrogens with one attached hydrogen (secondary N) is 1. The number of amides is 1. The molecular weight excluding hydrogens is 771 g/mol. The monoisotopic (exact) mass is 872 g/mol. The van der Waals surface area contributed by atoms with E-state index in [1.165, 1.54) is 141 Å². The van der Waals surface area contributed by atoms with Crippen molar-refractivity contribution in [1.82, 2.24) is 5.32 Å². The Labute approximate surface area is 391 Å². The van der Waals surface area contributed by atoms with Crippen molar-refractivity contribution < 1.29 is 15.0 Å². The molecule has 0 fully saturated rings. The molecular formula is C59H101NO3. The summed E-state index contributed by atoms with van der Waals surface area (Å²) in [7, 11) is 0. The highest BCUT2D eigenvalue weighted by atomic mass is 16.3. The van der Waals surface area contributed by atoms with Crippen LogP contribution in [0.3, 0.4) is 0 Å². The van der Waals surface area contributed by atoms with Gasteiger partial charge in [-0.1, -0.05) is 258 Å². The third kappa shape index (κ3) is 49.9. The van der Waals surface area contributed by atoms with Crippen molar-refractivity contribution in [2.24, 2.45) is 0 Å². The number of hydrogen-bond acceptors (Lipinski definition) is 3. The van der Waals surface area contributed by atoms with Crippen LogP contribution < -0.4 is 5.32 Å². The van der Waals surface area contributed by atoms with Crippen molar-refractivity contribution in [1.29, 1.82) is 0 Å². The highest BCUT2D eigenvalue weighted by Crippen LogP contribution is 2.15. The maximum atomic E-state index is 12.4. The van der Waals surface area contributed by atoms with Crippen LogP contribution in [0, 0.1) is 0 Å². The molecule has 0 spiro atoms. The maximum Gasteiger partial charge on any atom is 0.220 e. The summed E-state index contributed by atoms with van der Waals surface area (Å²) in [6.45, 7) is 4.17. The Morgan fingerprint density at radius 3 is 1.05 bits per heavy atom. The van der Waals surface area contributed by atoms with Crippen LogP contribution in [0.4, 0.5) is 0 Å². The number of allylic oxidation sites excluding steroid dienone is 17. The van der Waals surface area contributed by atoms with Crippen molar-refractivity contribution in [3.05, 3.63) is 109 Å². The van der Waals surface area contributed by atoms with Crippen LogP contribution in [-0.4, -0.2) is 34.9 Å². The summed E-state index contributed by atoms with van der Waals surface area (Å²) < 4.78 is 0. The first-order valence-corrected chi connectivity index (χ1v) is 26.6. The van der Waals surface area contributed by atoms with Crippen molar-refractivity contribution in [2.75, 3.05) is 6.61 Å². The van der Waals surface area contributed by atoms with E-state index in [-0.39, 0.29) is 12.5 Å². The van der Waals surface area contributed by atoms with Gasteiger partial charge >= 0.3 is 0 Å². The fourth-order valence-electron chi connectivity index (χ4n) is 7.49. The molecule has 0 heterocycles. The van der Waals surface area contributed by atoms with E-state index in [0.717, 1.165) is 77.0 Å². The van der Waals surface area contributed by atoms with Gasteiger partial charge in [0, 0.05) is 6.42 Å². The fraction of sp³-hybridized carbons (Fsp3) is 0.678. The molecule has 0 aliphatic carbocycles. The SMILES string of the molecule is CC/C=C\C/C=C\C/C=C\C/C=C\C/C=C\C/C=C\C/C=C\C/C=C\CCCCCCCCCCCCCCCCCCC(=O)NC(CO)C(O)/C=C/CCCCCCCCCC. The summed E-state index contributed by atoms with van der Waals surface area (Å²) in [5.74, 6) is -0.0687. The molecule has 1 amide bonds. The molecule has 0 saturated carbocycles. The summed E-state index contributed by atoms with van der Waals surface area (Å²) in [5.41, 5.74) is 0. The first-order chi connectivity index (χ1) is 31.2. The van der Waals surface area contributed by atoms with Gasteiger partial charge in [0.15, 0.2) is 0 Å². The van der Waals surface area contributed by atoms with Crippen LogP contribution in [0.2, 0.25) is 0 Å². The molecule has 63 heavy (non-hydrogen) atoms. The lowest BCUT2D eigenvalue weighted by Crippen LogP contribution is -2.45. The molecule has 0 aromatic heterocycles. The number of aliphatic hydroxyl groups excluding tert-OH is 2. The molecule has 0 aromatic rings. The number of aliphatic hydroxyl groups is 2. The zero-order valence-electron chi connectivity index (χ0n) is 41.3. The molecule has 0 saturated heterocycles. The molecule has 0 bridgehead atoms. The van der Waals surface area contributed by atoms with E-state index in [4.69, 9.17) is 0 Å². The largest absolute Gasteiger partial charge is 0.394 e. The fourth-order valence-corrected chi connectivity index (χ4v) is 7.49. The molecule has 3 N–H and O–H groups in total. The molecule has 4 nitrogen and oxygen atoms in total. The number of carbonyl (C=O) groups excluding carboxylic acids is 1. The summed E-state index contributed by atoms with van der Waals surface area (Å²) in [5, 5.41) is 23.0. The second-order valence-electron chi connectivity index (χ2n) is 17.6. The Balaban J connectivity index is 3.51. The highest BCUT2D eigenvalue weighted by molar-refractivity contribution is 5.76. The van der Waals surface area contributed by atoms with Gasteiger partial charge in [-0.25, -0.2) is 0 Å². The third-order valence-corrected chi connectivity index (χ3v) is 11.5. The average Bonchev–Trinajstić information content (AvgIpc) is 3.29. The van der Waals surface area contributed by atoms with E-state index in [1.54, 1.807) is 6.08 Å². The first-order valence-electron chi connectivity index (χ1n) is 26.6. The predicted molar refractivity (Wildman–Crippen MR) is 280 cm³/mol. The highest BCUT2D eigenvalue weighted by Gasteiger charge is 2.18. The minimum absolute atomic E-state index is 0.0687. The molecule has 2 unspecified atom stereocenters. The Kier molecular flexibility index (Phi) is 50.9. The second kappa shape index (κ2) is 53.4. The van der Waals surface area contributed by atoms with E-state index in [9.17, 15) is 15.0 Å². The topological polar surface area (TPSA) is 69.6 Å². The average molecular weight is 872 g/mol. The van der Waals surface area contributed by atoms with Gasteiger partial charge in [-0.3, -0.25) is 4.79 Å². The number of rotatable bonds is 47. The molecule has 0 aliphatic heterocycles. The quantitative estimate of drug-likeness (QED) is 0.0421. The van der Waals surface area contributed by atoms with E-state index in [0.29, 0.717) is 6.42 Å². The number of unbranched alkanes of at least 4 members (excludes halogenated alkanes) is 24. The van der Waals surface area contributed by atoms with Gasteiger partial charge in [0.25, 0.3) is 0 Å². The van der Waals surface area contributed by atoms with E-state index in [1.807, 2.05) is 6.08 Å². The Morgan fingerprint density at radius 2 is 0.698 bits per heavy atom. The Hall–Kier alpha value is -2.95. The summed E-state index contributed by atoms with van der Waals surface area (Å²) in [6, 6.07) is -0.624. The van der Waals surface area contributed by atoms with E-state index >= 15 is 0 Å². The van der Waals surface area contributed by atoms with Gasteiger partial charge in [-0.2, -0.15) is 0 Å². The van der Waals surface area contributed by atoms with Gasteiger partial charge in [0.1, 0.15) is 0 Å². The van der Waals surface area contributed by atoms with Crippen molar-refractivity contribution in [3.63, 3.8) is 0 Å². The molecule has 0 aromatic carbocycles. The smallest absolute Gasteiger partial charge is 0.220 e. The van der Waals surface area contributed by atoms with Crippen molar-refractivity contribution >= 4 is 5.91 Å². The second-order valence-corrected chi connectivity index (χ2v) is 17.6. The van der Waals surface area contributed by atoms with Crippen LogP contribution in [0.25, 0.3) is 0 Å². The molecule has 360 valence electrons. The van der Waals surface area contributed by atoms with Crippen LogP contribution in [0.1, 0.15) is 239 Å². The Bertz CT molecular complexity index is 1220.